The number of furan rings is 1. The Balaban J connectivity index is 2.15. The van der Waals surface area contributed by atoms with Crippen LogP contribution in [-0.2, 0) is 6.42 Å². The number of hydrogen-bond donors (Lipinski definition) is 1. The fourth-order valence-corrected chi connectivity index (χ4v) is 2.38. The first-order valence-electron chi connectivity index (χ1n) is 5.01. The zero-order chi connectivity index (χ0) is 12.4. The molecule has 0 amide bonds. The van der Waals surface area contributed by atoms with Crippen molar-refractivity contribution in [1.29, 1.82) is 0 Å². The van der Waals surface area contributed by atoms with Crippen LogP contribution in [0.2, 0.25) is 0 Å². The highest BCUT2D eigenvalue weighted by atomic mass is 79.9. The van der Waals surface area contributed by atoms with Gasteiger partial charge in [-0.2, -0.15) is 0 Å². The highest BCUT2D eigenvalue weighted by Gasteiger charge is 2.13. The summed E-state index contributed by atoms with van der Waals surface area (Å²) in [5.74, 6) is 0.433. The fourth-order valence-electron chi connectivity index (χ4n) is 1.55. The molecule has 90 valence electrons. The number of halogens is 3. The minimum Gasteiger partial charge on any atom is -0.453 e. The van der Waals surface area contributed by atoms with E-state index in [1.807, 2.05) is 6.07 Å². The van der Waals surface area contributed by atoms with Crippen molar-refractivity contribution >= 4 is 31.9 Å². The number of benzene rings is 1. The first kappa shape index (κ1) is 12.8. The van der Waals surface area contributed by atoms with Gasteiger partial charge in [0.25, 0.3) is 0 Å². The SMILES string of the molecule is NC(Cc1ccc(F)cc1Br)c1ccc(Br)o1. The molecule has 1 atom stereocenters. The van der Waals surface area contributed by atoms with Gasteiger partial charge in [-0.15, -0.1) is 0 Å². The molecule has 5 heteroatoms. The van der Waals surface area contributed by atoms with Gasteiger partial charge >= 0.3 is 0 Å². The lowest BCUT2D eigenvalue weighted by molar-refractivity contribution is 0.447. The van der Waals surface area contributed by atoms with Crippen LogP contribution in [0.3, 0.4) is 0 Å². The van der Waals surface area contributed by atoms with Crippen LogP contribution in [-0.4, -0.2) is 0 Å². The summed E-state index contributed by atoms with van der Waals surface area (Å²) >= 11 is 6.55. The van der Waals surface area contributed by atoms with E-state index < -0.39 is 0 Å². The van der Waals surface area contributed by atoms with E-state index >= 15 is 0 Å². The van der Waals surface area contributed by atoms with E-state index in [1.54, 1.807) is 12.1 Å². The maximum Gasteiger partial charge on any atom is 0.169 e. The lowest BCUT2D eigenvalue weighted by atomic mass is 10.0. The normalized spacial score (nSPS) is 12.7. The highest BCUT2D eigenvalue weighted by Crippen LogP contribution is 2.25. The van der Waals surface area contributed by atoms with E-state index in [-0.39, 0.29) is 11.9 Å². The van der Waals surface area contributed by atoms with Crippen molar-refractivity contribution in [1.82, 2.24) is 0 Å². The Morgan fingerprint density at radius 3 is 2.59 bits per heavy atom. The summed E-state index contributed by atoms with van der Waals surface area (Å²) in [5.41, 5.74) is 6.97. The average Bonchev–Trinajstić information content (AvgIpc) is 2.69. The first-order valence-corrected chi connectivity index (χ1v) is 6.59. The standard InChI is InChI=1S/C12H10Br2FNO/c13-9-6-8(15)2-1-7(9)5-10(16)11-3-4-12(14)17-11/h1-4,6,10H,5,16H2. The third-order valence-electron chi connectivity index (χ3n) is 2.41. The third-order valence-corrected chi connectivity index (χ3v) is 3.58. The minimum absolute atomic E-state index is 0.247. The molecule has 0 spiro atoms. The molecule has 1 aromatic heterocycles. The summed E-state index contributed by atoms with van der Waals surface area (Å²) < 4.78 is 19.7. The molecule has 0 radical (unpaired) electrons. The quantitative estimate of drug-likeness (QED) is 0.889. The van der Waals surface area contributed by atoms with Crippen molar-refractivity contribution < 1.29 is 8.81 Å². The topological polar surface area (TPSA) is 39.2 Å². The molecule has 0 bridgehead atoms. The van der Waals surface area contributed by atoms with Crippen LogP contribution in [0.4, 0.5) is 4.39 Å². The predicted octanol–water partition coefficient (Wildman–Crippen LogP) is 4.19. The van der Waals surface area contributed by atoms with Crippen LogP contribution in [0.15, 0.2) is 43.9 Å². The zero-order valence-corrected chi connectivity index (χ0v) is 12.0. The molecule has 2 N–H and O–H groups in total. The lowest BCUT2D eigenvalue weighted by Gasteiger charge is -2.10. The summed E-state index contributed by atoms with van der Waals surface area (Å²) in [4.78, 5) is 0. The summed E-state index contributed by atoms with van der Waals surface area (Å²) in [6.07, 6.45) is 0.584. The van der Waals surface area contributed by atoms with Gasteiger partial charge in [0.1, 0.15) is 11.6 Å². The Labute approximate surface area is 115 Å². The van der Waals surface area contributed by atoms with E-state index in [4.69, 9.17) is 10.2 Å². The molecule has 17 heavy (non-hydrogen) atoms. The predicted molar refractivity (Wildman–Crippen MR) is 71.1 cm³/mol. The molecular weight excluding hydrogens is 353 g/mol. The van der Waals surface area contributed by atoms with E-state index in [9.17, 15) is 4.39 Å². The van der Waals surface area contributed by atoms with E-state index in [0.29, 0.717) is 16.9 Å². The summed E-state index contributed by atoms with van der Waals surface area (Å²) in [5, 5.41) is 0. The van der Waals surface area contributed by atoms with Crippen molar-refractivity contribution in [3.05, 3.63) is 56.6 Å². The second-order valence-corrected chi connectivity index (χ2v) is 5.32. The van der Waals surface area contributed by atoms with Crippen LogP contribution >= 0.6 is 31.9 Å². The Bertz CT molecular complexity index is 527. The van der Waals surface area contributed by atoms with E-state index in [2.05, 4.69) is 31.9 Å². The van der Waals surface area contributed by atoms with Crippen LogP contribution < -0.4 is 5.73 Å². The van der Waals surface area contributed by atoms with Gasteiger partial charge in [-0.25, -0.2) is 4.39 Å². The average molecular weight is 363 g/mol. The molecule has 0 saturated heterocycles. The van der Waals surface area contributed by atoms with Crippen molar-refractivity contribution in [2.24, 2.45) is 5.73 Å². The van der Waals surface area contributed by atoms with Gasteiger partial charge in [0, 0.05) is 4.47 Å². The molecule has 1 aromatic carbocycles. The van der Waals surface area contributed by atoms with Gasteiger partial charge in [-0.1, -0.05) is 22.0 Å². The number of rotatable bonds is 3. The second kappa shape index (κ2) is 5.33. The maximum absolute atomic E-state index is 12.9. The molecule has 0 aliphatic heterocycles. The Hall–Kier alpha value is -0.650. The molecule has 1 unspecified atom stereocenters. The van der Waals surface area contributed by atoms with Crippen LogP contribution in [0.1, 0.15) is 17.4 Å². The zero-order valence-electron chi connectivity index (χ0n) is 8.79. The van der Waals surface area contributed by atoms with Gasteiger partial charge < -0.3 is 10.2 Å². The molecule has 0 saturated carbocycles. The number of hydrogen-bond acceptors (Lipinski definition) is 2. The second-order valence-electron chi connectivity index (χ2n) is 3.69. The van der Waals surface area contributed by atoms with Gasteiger partial charge in [-0.3, -0.25) is 0 Å². The molecule has 2 rings (SSSR count). The van der Waals surface area contributed by atoms with Gasteiger partial charge in [-0.05, 0) is 52.2 Å². The third kappa shape index (κ3) is 3.18. The fraction of sp³-hybridized carbons (Fsp3) is 0.167. The Kier molecular flexibility index (Phi) is 4.01. The lowest BCUT2D eigenvalue weighted by Crippen LogP contribution is -2.12. The molecular formula is C12H10Br2FNO. The highest BCUT2D eigenvalue weighted by molar-refractivity contribution is 9.10. The molecule has 2 aromatic rings. The van der Waals surface area contributed by atoms with Gasteiger partial charge in [0.2, 0.25) is 0 Å². The molecule has 1 heterocycles. The largest absolute Gasteiger partial charge is 0.453 e. The number of nitrogens with two attached hydrogens (primary N) is 1. The van der Waals surface area contributed by atoms with Crippen LogP contribution in [0, 0.1) is 5.82 Å². The Morgan fingerprint density at radius 2 is 2.00 bits per heavy atom. The first-order chi connectivity index (χ1) is 8.06. The van der Waals surface area contributed by atoms with Crippen molar-refractivity contribution in [2.45, 2.75) is 12.5 Å². The summed E-state index contributed by atoms with van der Waals surface area (Å²) in [7, 11) is 0. The smallest absolute Gasteiger partial charge is 0.169 e. The van der Waals surface area contributed by atoms with Crippen LogP contribution in [0.25, 0.3) is 0 Å². The minimum atomic E-state index is -0.269. The van der Waals surface area contributed by atoms with Crippen molar-refractivity contribution in [2.75, 3.05) is 0 Å². The molecule has 0 aliphatic rings. The Morgan fingerprint density at radius 1 is 1.24 bits per heavy atom. The van der Waals surface area contributed by atoms with Crippen LogP contribution in [0.5, 0.6) is 0 Å². The van der Waals surface area contributed by atoms with E-state index in [0.717, 1.165) is 10.0 Å². The summed E-state index contributed by atoms with van der Waals surface area (Å²) in [6.45, 7) is 0. The summed E-state index contributed by atoms with van der Waals surface area (Å²) in [6, 6.07) is 7.95. The van der Waals surface area contributed by atoms with E-state index in [1.165, 1.54) is 12.1 Å². The molecule has 0 aliphatic carbocycles. The monoisotopic (exact) mass is 361 g/mol. The molecule has 2 nitrogen and oxygen atoms in total. The van der Waals surface area contributed by atoms with Gasteiger partial charge in [0.15, 0.2) is 4.67 Å². The molecule has 0 fully saturated rings. The van der Waals surface area contributed by atoms with Gasteiger partial charge in [0.05, 0.1) is 6.04 Å². The van der Waals surface area contributed by atoms with Crippen molar-refractivity contribution in [3.63, 3.8) is 0 Å². The maximum atomic E-state index is 12.9. The van der Waals surface area contributed by atoms with Crippen molar-refractivity contribution in [3.8, 4) is 0 Å².